The molecule has 86 valence electrons. The third-order valence-electron chi connectivity index (χ3n) is 1.97. The average Bonchev–Trinajstić information content (AvgIpc) is 2.17. The van der Waals surface area contributed by atoms with E-state index in [1.165, 1.54) is 12.3 Å². The summed E-state index contributed by atoms with van der Waals surface area (Å²) in [4.78, 5) is 26.3. The highest BCUT2D eigenvalue weighted by atomic mass is 16.2. The first-order chi connectivity index (χ1) is 7.30. The van der Waals surface area contributed by atoms with Crippen molar-refractivity contribution in [2.45, 2.75) is 20.8 Å². The Morgan fingerprint density at radius 3 is 2.31 bits per heavy atom. The van der Waals surface area contributed by atoms with Gasteiger partial charge in [0.05, 0.1) is 5.56 Å². The highest BCUT2D eigenvalue weighted by molar-refractivity contribution is 5.95. The topological polar surface area (TPSA) is 85.1 Å². The van der Waals surface area contributed by atoms with E-state index in [4.69, 9.17) is 5.73 Å². The molecule has 1 aromatic heterocycles. The molecule has 1 heterocycles. The van der Waals surface area contributed by atoms with E-state index in [2.05, 4.69) is 10.3 Å². The summed E-state index contributed by atoms with van der Waals surface area (Å²) in [5, 5.41) is 2.65. The van der Waals surface area contributed by atoms with Gasteiger partial charge in [-0.05, 0) is 12.1 Å². The minimum atomic E-state index is -0.541. The van der Waals surface area contributed by atoms with Crippen molar-refractivity contribution in [1.82, 2.24) is 4.98 Å². The number of nitrogens with two attached hydrogens (primary N) is 1. The molecule has 0 aliphatic rings. The van der Waals surface area contributed by atoms with E-state index in [1.807, 2.05) is 0 Å². The third kappa shape index (κ3) is 3.05. The van der Waals surface area contributed by atoms with Crippen molar-refractivity contribution in [2.24, 2.45) is 11.1 Å². The molecule has 3 N–H and O–H groups in total. The second kappa shape index (κ2) is 4.30. The van der Waals surface area contributed by atoms with Crippen LogP contribution < -0.4 is 11.1 Å². The fourth-order valence-electron chi connectivity index (χ4n) is 0.917. The Morgan fingerprint density at radius 1 is 1.31 bits per heavy atom. The van der Waals surface area contributed by atoms with Crippen LogP contribution >= 0.6 is 0 Å². The van der Waals surface area contributed by atoms with E-state index in [9.17, 15) is 9.59 Å². The number of hydrogen-bond acceptors (Lipinski definition) is 3. The van der Waals surface area contributed by atoms with Crippen molar-refractivity contribution in [3.8, 4) is 0 Å². The molecule has 5 heteroatoms. The summed E-state index contributed by atoms with van der Waals surface area (Å²) >= 11 is 0. The lowest BCUT2D eigenvalue weighted by Crippen LogP contribution is -2.28. The second-order valence-corrected chi connectivity index (χ2v) is 4.50. The molecule has 5 nitrogen and oxygen atoms in total. The highest BCUT2D eigenvalue weighted by Gasteiger charge is 2.21. The number of nitrogens with one attached hydrogen (secondary N) is 1. The zero-order valence-electron chi connectivity index (χ0n) is 9.57. The van der Waals surface area contributed by atoms with E-state index in [0.29, 0.717) is 11.4 Å². The first kappa shape index (κ1) is 12.2. The van der Waals surface area contributed by atoms with Crippen molar-refractivity contribution < 1.29 is 9.59 Å². The molecule has 0 aromatic carbocycles. The maximum Gasteiger partial charge on any atom is 0.250 e. The molecule has 0 saturated heterocycles. The molecule has 0 fully saturated rings. The molecule has 1 aromatic rings. The lowest BCUT2D eigenvalue weighted by atomic mass is 9.96. The molecule has 0 aliphatic carbocycles. The van der Waals surface area contributed by atoms with Gasteiger partial charge in [-0.1, -0.05) is 20.8 Å². The molecule has 0 spiro atoms. The van der Waals surface area contributed by atoms with Crippen LogP contribution in [0.4, 0.5) is 5.82 Å². The van der Waals surface area contributed by atoms with Crippen molar-refractivity contribution >= 4 is 17.6 Å². The number of pyridine rings is 1. The van der Waals surface area contributed by atoms with Crippen molar-refractivity contribution in [1.29, 1.82) is 0 Å². The minimum Gasteiger partial charge on any atom is -0.366 e. The Labute approximate surface area is 94.1 Å². The van der Waals surface area contributed by atoms with E-state index in [0.717, 1.165) is 0 Å². The van der Waals surface area contributed by atoms with Gasteiger partial charge in [-0.25, -0.2) is 4.98 Å². The monoisotopic (exact) mass is 221 g/mol. The van der Waals surface area contributed by atoms with E-state index in [1.54, 1.807) is 26.8 Å². The summed E-state index contributed by atoms with van der Waals surface area (Å²) < 4.78 is 0. The third-order valence-corrected chi connectivity index (χ3v) is 1.97. The molecule has 1 rings (SSSR count). The number of aromatic nitrogens is 1. The van der Waals surface area contributed by atoms with Gasteiger partial charge >= 0.3 is 0 Å². The predicted molar refractivity (Wildman–Crippen MR) is 60.8 cm³/mol. The van der Waals surface area contributed by atoms with Gasteiger partial charge in [0.1, 0.15) is 5.82 Å². The molecule has 0 bridgehead atoms. The Kier molecular flexibility index (Phi) is 3.27. The fourth-order valence-corrected chi connectivity index (χ4v) is 0.917. The summed E-state index contributed by atoms with van der Waals surface area (Å²) in [5.41, 5.74) is 4.90. The average molecular weight is 221 g/mol. The number of primary amides is 1. The molecule has 0 saturated carbocycles. The number of nitrogens with zero attached hydrogens (tertiary/aromatic N) is 1. The maximum absolute atomic E-state index is 11.6. The lowest BCUT2D eigenvalue weighted by molar-refractivity contribution is -0.123. The Hall–Kier alpha value is -1.91. The summed E-state index contributed by atoms with van der Waals surface area (Å²) in [6.07, 6.45) is 1.33. The van der Waals surface area contributed by atoms with Crippen LogP contribution in [0.5, 0.6) is 0 Å². The number of rotatable bonds is 2. The Morgan fingerprint density at radius 2 is 1.94 bits per heavy atom. The molecular weight excluding hydrogens is 206 g/mol. The molecule has 16 heavy (non-hydrogen) atoms. The maximum atomic E-state index is 11.6. The zero-order chi connectivity index (χ0) is 12.3. The van der Waals surface area contributed by atoms with Gasteiger partial charge in [0.15, 0.2) is 0 Å². The van der Waals surface area contributed by atoms with Gasteiger partial charge in [0, 0.05) is 11.6 Å². The van der Waals surface area contributed by atoms with Gasteiger partial charge in [-0.2, -0.15) is 0 Å². The number of amides is 2. The summed E-state index contributed by atoms with van der Waals surface area (Å²) in [5.74, 6) is -0.266. The molecule has 0 unspecified atom stereocenters. The van der Waals surface area contributed by atoms with Crippen molar-refractivity contribution in [3.63, 3.8) is 0 Å². The normalized spacial score (nSPS) is 10.9. The van der Waals surface area contributed by atoms with Crippen LogP contribution in [0, 0.1) is 5.41 Å². The van der Waals surface area contributed by atoms with Gasteiger partial charge in [-0.15, -0.1) is 0 Å². The molecule has 0 radical (unpaired) electrons. The van der Waals surface area contributed by atoms with Crippen LogP contribution in [-0.4, -0.2) is 16.8 Å². The highest BCUT2D eigenvalue weighted by Crippen LogP contribution is 2.16. The summed E-state index contributed by atoms with van der Waals surface area (Å²) in [6, 6.07) is 3.07. The van der Waals surface area contributed by atoms with E-state index >= 15 is 0 Å². The number of carbonyl (C=O) groups is 2. The first-order valence-electron chi connectivity index (χ1n) is 4.88. The van der Waals surface area contributed by atoms with Crippen LogP contribution in [0.2, 0.25) is 0 Å². The summed E-state index contributed by atoms with van der Waals surface area (Å²) in [6.45, 7) is 5.42. The van der Waals surface area contributed by atoms with Gasteiger partial charge in [-0.3, -0.25) is 9.59 Å². The van der Waals surface area contributed by atoms with Gasteiger partial charge < -0.3 is 11.1 Å². The van der Waals surface area contributed by atoms with Crippen LogP contribution in [0.1, 0.15) is 31.1 Å². The zero-order valence-corrected chi connectivity index (χ0v) is 9.57. The first-order valence-corrected chi connectivity index (χ1v) is 4.88. The molecule has 2 amide bonds. The Bertz CT molecular complexity index is 404. The number of hydrogen-bond donors (Lipinski definition) is 2. The predicted octanol–water partition coefficient (Wildman–Crippen LogP) is 1.17. The van der Waals surface area contributed by atoms with Crippen molar-refractivity contribution in [3.05, 3.63) is 23.9 Å². The SMILES string of the molecule is CC(C)(C)C(=O)Nc1ccc(C(N)=O)cn1. The van der Waals surface area contributed by atoms with Crippen LogP contribution in [0.3, 0.4) is 0 Å². The summed E-state index contributed by atoms with van der Waals surface area (Å²) in [7, 11) is 0. The van der Waals surface area contributed by atoms with Gasteiger partial charge in [0.25, 0.3) is 0 Å². The molecule has 0 atom stereocenters. The Balaban J connectivity index is 2.77. The fraction of sp³-hybridized carbons (Fsp3) is 0.364. The number of anilines is 1. The van der Waals surface area contributed by atoms with Crippen LogP contribution in [-0.2, 0) is 4.79 Å². The molecule has 0 aliphatic heterocycles. The lowest BCUT2D eigenvalue weighted by Gasteiger charge is -2.17. The van der Waals surface area contributed by atoms with Gasteiger partial charge in [0.2, 0.25) is 11.8 Å². The second-order valence-electron chi connectivity index (χ2n) is 4.50. The largest absolute Gasteiger partial charge is 0.366 e. The van der Waals surface area contributed by atoms with Crippen molar-refractivity contribution in [2.75, 3.05) is 5.32 Å². The standard InChI is InChI=1S/C11H15N3O2/c1-11(2,3)10(16)14-8-5-4-7(6-13-8)9(12)15/h4-6H,1-3H3,(H2,12,15)(H,13,14,16). The minimum absolute atomic E-state index is 0.133. The number of carbonyl (C=O) groups excluding carboxylic acids is 2. The van der Waals surface area contributed by atoms with Crippen LogP contribution in [0.15, 0.2) is 18.3 Å². The smallest absolute Gasteiger partial charge is 0.250 e. The molecular formula is C11H15N3O2. The van der Waals surface area contributed by atoms with E-state index < -0.39 is 11.3 Å². The van der Waals surface area contributed by atoms with Crippen LogP contribution in [0.25, 0.3) is 0 Å². The van der Waals surface area contributed by atoms with E-state index in [-0.39, 0.29) is 5.91 Å². The quantitative estimate of drug-likeness (QED) is 0.786.